The lowest BCUT2D eigenvalue weighted by atomic mass is 9.86. The Bertz CT molecular complexity index is 2640. The van der Waals surface area contributed by atoms with Gasteiger partial charge >= 0.3 is 0 Å². The van der Waals surface area contributed by atoms with Gasteiger partial charge in [-0.15, -0.1) is 0 Å². The van der Waals surface area contributed by atoms with Crippen LogP contribution in [-0.2, 0) is 10.8 Å². The first-order chi connectivity index (χ1) is 24.7. The maximum Gasteiger partial charge on any atom is 0.169 e. The lowest BCUT2D eigenvalue weighted by Gasteiger charge is -2.22. The van der Waals surface area contributed by atoms with E-state index in [9.17, 15) is 14.0 Å². The predicted molar refractivity (Wildman–Crippen MR) is 203 cm³/mol. The number of rotatable bonds is 3. The Balaban J connectivity index is 1.60. The summed E-state index contributed by atoms with van der Waals surface area (Å²) in [5.41, 5.74) is 4.58. The molecule has 0 N–H and O–H groups in total. The molecule has 0 amide bonds. The van der Waals surface area contributed by atoms with E-state index < -0.39 is 28.8 Å². The molecule has 0 unspecified atom stereocenters. The van der Waals surface area contributed by atoms with E-state index in [2.05, 4.69) is 71.9 Å². The highest BCUT2D eigenvalue weighted by Crippen LogP contribution is 2.43. The van der Waals surface area contributed by atoms with Gasteiger partial charge in [-0.2, -0.15) is 5.26 Å². The van der Waals surface area contributed by atoms with E-state index in [0.717, 1.165) is 54.7 Å². The van der Waals surface area contributed by atoms with Gasteiger partial charge in [0.25, 0.3) is 0 Å². The molecule has 7 heteroatoms. The van der Waals surface area contributed by atoms with Gasteiger partial charge in [0.1, 0.15) is 11.6 Å². The van der Waals surface area contributed by atoms with Crippen molar-refractivity contribution in [2.24, 2.45) is 0 Å². The highest BCUT2D eigenvalue weighted by atomic mass is 19.2. The summed E-state index contributed by atoms with van der Waals surface area (Å²) in [7, 11) is 0. The zero-order valence-electron chi connectivity index (χ0n) is 29.7. The molecular weight excluding hydrogens is 659 g/mol. The van der Waals surface area contributed by atoms with Gasteiger partial charge in [-0.25, -0.2) is 17.6 Å². The predicted octanol–water partition coefficient (Wildman–Crippen LogP) is 12.6. The van der Waals surface area contributed by atoms with Crippen LogP contribution in [-0.4, -0.2) is 9.13 Å². The minimum atomic E-state index is -1.52. The first-order valence-corrected chi connectivity index (χ1v) is 17.2. The molecule has 2 heterocycles. The largest absolute Gasteiger partial charge is 0.308 e. The molecule has 0 atom stereocenters. The Labute approximate surface area is 299 Å². The van der Waals surface area contributed by atoms with Crippen LogP contribution in [0, 0.1) is 34.6 Å². The Morgan fingerprint density at radius 1 is 0.500 bits per heavy atom. The first kappa shape index (κ1) is 33.3. The van der Waals surface area contributed by atoms with Crippen molar-refractivity contribution in [3.63, 3.8) is 0 Å². The third-order valence-corrected chi connectivity index (χ3v) is 10.2. The van der Waals surface area contributed by atoms with E-state index in [1.807, 2.05) is 69.8 Å². The number of hydrogen-bond donors (Lipinski definition) is 0. The molecule has 0 saturated carbocycles. The molecule has 0 saturated heterocycles. The van der Waals surface area contributed by atoms with Gasteiger partial charge < -0.3 is 9.13 Å². The van der Waals surface area contributed by atoms with Crippen LogP contribution in [0.1, 0.15) is 58.2 Å². The molecule has 0 spiro atoms. The van der Waals surface area contributed by atoms with Crippen LogP contribution in [0.5, 0.6) is 0 Å². The summed E-state index contributed by atoms with van der Waals surface area (Å²) < 4.78 is 65.2. The number of hydrogen-bond acceptors (Lipinski definition) is 1. The van der Waals surface area contributed by atoms with Gasteiger partial charge in [-0.3, -0.25) is 0 Å². The highest BCUT2D eigenvalue weighted by Gasteiger charge is 2.27. The number of benzene rings is 6. The number of nitriles is 1. The number of para-hydroxylation sites is 2. The molecule has 8 rings (SSSR count). The minimum Gasteiger partial charge on any atom is -0.308 e. The summed E-state index contributed by atoms with van der Waals surface area (Å²) in [6.07, 6.45) is 0. The van der Waals surface area contributed by atoms with E-state index >= 15 is 8.78 Å². The van der Waals surface area contributed by atoms with Crippen molar-refractivity contribution in [1.82, 2.24) is 9.13 Å². The molecule has 52 heavy (non-hydrogen) atoms. The van der Waals surface area contributed by atoms with E-state index in [1.165, 1.54) is 12.1 Å². The standard InChI is InChI=1S/C45H35F4N3/c1-44(2,3)26-15-17-30-28-11-7-9-13-35(28)51(39(30)21-26)37-19-25(41-42(48)33(46)23-34(47)43(41)49)20-38(32(37)24-50)52-36-14-10-8-12-29(36)31-18-16-27(22-40(31)52)45(4,5)6/h7-23H,1-6H3. The van der Waals surface area contributed by atoms with Crippen molar-refractivity contribution in [3.8, 4) is 28.6 Å². The molecule has 0 fully saturated rings. The van der Waals surface area contributed by atoms with Crippen LogP contribution in [0.2, 0.25) is 0 Å². The van der Waals surface area contributed by atoms with Crippen molar-refractivity contribution < 1.29 is 17.6 Å². The van der Waals surface area contributed by atoms with Crippen LogP contribution < -0.4 is 0 Å². The zero-order chi connectivity index (χ0) is 36.9. The lowest BCUT2D eigenvalue weighted by Crippen LogP contribution is -2.11. The average Bonchev–Trinajstić information content (AvgIpc) is 3.62. The van der Waals surface area contributed by atoms with Crippen molar-refractivity contribution in [2.45, 2.75) is 52.4 Å². The molecule has 2 aromatic heterocycles. The second-order valence-corrected chi connectivity index (χ2v) is 15.5. The number of aromatic nitrogens is 2. The van der Waals surface area contributed by atoms with Crippen molar-refractivity contribution in [2.75, 3.05) is 0 Å². The van der Waals surface area contributed by atoms with Gasteiger partial charge in [-0.05, 0) is 63.9 Å². The molecule has 0 aliphatic heterocycles. The van der Waals surface area contributed by atoms with E-state index in [1.54, 1.807) is 0 Å². The molecule has 6 aromatic carbocycles. The summed E-state index contributed by atoms with van der Waals surface area (Å²) >= 11 is 0. The average molecular weight is 694 g/mol. The second-order valence-electron chi connectivity index (χ2n) is 15.5. The Kier molecular flexibility index (Phi) is 7.41. The van der Waals surface area contributed by atoms with Crippen molar-refractivity contribution in [1.29, 1.82) is 5.26 Å². The third kappa shape index (κ3) is 5.00. The monoisotopic (exact) mass is 693 g/mol. The molecule has 0 bridgehead atoms. The van der Waals surface area contributed by atoms with Crippen LogP contribution in [0.25, 0.3) is 66.1 Å². The third-order valence-electron chi connectivity index (χ3n) is 10.2. The first-order valence-electron chi connectivity index (χ1n) is 17.2. The van der Waals surface area contributed by atoms with Crippen molar-refractivity contribution in [3.05, 3.63) is 143 Å². The molecule has 8 aromatic rings. The van der Waals surface area contributed by atoms with Crippen LogP contribution in [0.3, 0.4) is 0 Å². The molecule has 0 aliphatic carbocycles. The molecule has 3 nitrogen and oxygen atoms in total. The minimum absolute atomic E-state index is 0.117. The van der Waals surface area contributed by atoms with Gasteiger partial charge in [0, 0.05) is 27.6 Å². The molecular formula is C45H35F4N3. The van der Waals surface area contributed by atoms with E-state index in [0.29, 0.717) is 11.4 Å². The molecule has 0 aliphatic rings. The summed E-state index contributed by atoms with van der Waals surface area (Å²) in [5, 5.41) is 14.8. The fraction of sp³-hybridized carbons (Fsp3) is 0.178. The van der Waals surface area contributed by atoms with Gasteiger partial charge in [0.05, 0.1) is 39.0 Å². The summed E-state index contributed by atoms with van der Waals surface area (Å²) in [5.74, 6) is -6.07. The van der Waals surface area contributed by atoms with Gasteiger partial charge in [-0.1, -0.05) is 102 Å². The Hall–Kier alpha value is -5.87. The number of nitrogens with zero attached hydrogens (tertiary/aromatic N) is 3. The highest BCUT2D eigenvalue weighted by molar-refractivity contribution is 6.11. The number of halogens is 4. The Morgan fingerprint density at radius 2 is 0.904 bits per heavy atom. The topological polar surface area (TPSA) is 33.6 Å². The Morgan fingerprint density at radius 3 is 1.31 bits per heavy atom. The fourth-order valence-electron chi connectivity index (χ4n) is 7.44. The van der Waals surface area contributed by atoms with Gasteiger partial charge in [0.15, 0.2) is 23.3 Å². The zero-order valence-corrected chi connectivity index (χ0v) is 29.7. The summed E-state index contributed by atoms with van der Waals surface area (Å²) in [6.45, 7) is 12.7. The molecule has 0 radical (unpaired) electrons. The quantitative estimate of drug-likeness (QED) is 0.134. The maximum atomic E-state index is 15.8. The summed E-state index contributed by atoms with van der Waals surface area (Å²) in [4.78, 5) is 0. The van der Waals surface area contributed by atoms with Crippen LogP contribution >= 0.6 is 0 Å². The van der Waals surface area contributed by atoms with Crippen LogP contribution in [0.4, 0.5) is 17.6 Å². The van der Waals surface area contributed by atoms with E-state index in [-0.39, 0.29) is 28.0 Å². The van der Waals surface area contributed by atoms with Crippen LogP contribution in [0.15, 0.2) is 103 Å². The lowest BCUT2D eigenvalue weighted by molar-refractivity contribution is 0.458. The maximum absolute atomic E-state index is 15.8. The van der Waals surface area contributed by atoms with Crippen molar-refractivity contribution >= 4 is 43.6 Å². The second kappa shape index (κ2) is 11.6. The number of fused-ring (bicyclic) bond motifs is 6. The normalized spacial score (nSPS) is 12.4. The van der Waals surface area contributed by atoms with E-state index in [4.69, 9.17) is 0 Å². The molecule has 258 valence electrons. The smallest absolute Gasteiger partial charge is 0.169 e. The SMILES string of the molecule is CC(C)(C)c1ccc2c3ccccc3n(-c3cc(-c4c(F)c(F)cc(F)c4F)cc(-n4c5ccccc5c5ccc(C(C)(C)C)cc54)c3C#N)c2c1. The summed E-state index contributed by atoms with van der Waals surface area (Å²) in [6, 6.07) is 33.5. The van der Waals surface area contributed by atoms with Gasteiger partial charge in [0.2, 0.25) is 0 Å². The fourth-order valence-corrected chi connectivity index (χ4v) is 7.44.